The highest BCUT2D eigenvalue weighted by Gasteiger charge is 2.27. The minimum Gasteiger partial charge on any atom is -0.475 e. The number of carbonyl (C=O) groups is 1. The lowest BCUT2D eigenvalue weighted by Crippen LogP contribution is -2.19. The Morgan fingerprint density at radius 3 is 2.55 bits per heavy atom. The van der Waals surface area contributed by atoms with Gasteiger partial charge in [-0.25, -0.2) is 18.9 Å². The van der Waals surface area contributed by atoms with Gasteiger partial charge in [0.15, 0.2) is 0 Å². The van der Waals surface area contributed by atoms with Crippen LogP contribution in [0.3, 0.4) is 0 Å². The van der Waals surface area contributed by atoms with Gasteiger partial charge in [-0.05, 0) is 18.2 Å². The number of nitrogens with zero attached hydrogens (tertiary/aromatic N) is 3. The van der Waals surface area contributed by atoms with Gasteiger partial charge in [-0.15, -0.1) is 5.10 Å². The molecule has 1 heterocycles. The van der Waals surface area contributed by atoms with Gasteiger partial charge in [0.25, 0.3) is 5.82 Å². The summed E-state index contributed by atoms with van der Waals surface area (Å²) in [7, 11) is 0. The summed E-state index contributed by atoms with van der Waals surface area (Å²) in [6.45, 7) is 5.52. The van der Waals surface area contributed by atoms with E-state index in [1.807, 2.05) is 20.8 Å². The van der Waals surface area contributed by atoms with E-state index in [2.05, 4.69) is 10.1 Å². The first-order valence-corrected chi connectivity index (χ1v) is 6.24. The van der Waals surface area contributed by atoms with Crippen molar-refractivity contribution in [1.82, 2.24) is 14.8 Å². The van der Waals surface area contributed by atoms with E-state index in [1.165, 1.54) is 16.8 Å². The molecule has 0 atom stereocenters. The fraction of sp³-hybridized carbons (Fsp3) is 0.308. The molecule has 5 nitrogen and oxygen atoms in total. The number of benzene rings is 1. The van der Waals surface area contributed by atoms with Crippen molar-refractivity contribution >= 4 is 17.6 Å². The number of halogens is 2. The molecule has 0 saturated carbocycles. The molecule has 0 bridgehead atoms. The smallest absolute Gasteiger partial charge is 0.375 e. The molecule has 0 amide bonds. The largest absolute Gasteiger partial charge is 0.475 e. The van der Waals surface area contributed by atoms with Crippen LogP contribution in [-0.4, -0.2) is 25.8 Å². The summed E-state index contributed by atoms with van der Waals surface area (Å²) in [4.78, 5) is 15.0. The van der Waals surface area contributed by atoms with Gasteiger partial charge < -0.3 is 5.11 Å². The summed E-state index contributed by atoms with van der Waals surface area (Å²) in [5.74, 6) is -1.87. The SMILES string of the molecule is CC(C)(C)c1nc(C(=O)O)nn1-c1ccc(Cl)cc1F. The van der Waals surface area contributed by atoms with Crippen LogP contribution in [0.1, 0.15) is 37.2 Å². The number of hydrogen-bond acceptors (Lipinski definition) is 3. The zero-order chi connectivity index (χ0) is 15.1. The Kier molecular flexibility index (Phi) is 3.52. The molecule has 1 aromatic heterocycles. The molecular weight excluding hydrogens is 285 g/mol. The van der Waals surface area contributed by atoms with Crippen LogP contribution in [0.4, 0.5) is 4.39 Å². The molecule has 0 spiro atoms. The van der Waals surface area contributed by atoms with E-state index in [4.69, 9.17) is 16.7 Å². The maximum Gasteiger partial charge on any atom is 0.375 e. The Bertz CT molecular complexity index is 677. The summed E-state index contributed by atoms with van der Waals surface area (Å²) < 4.78 is 15.2. The normalized spacial score (nSPS) is 11.7. The van der Waals surface area contributed by atoms with Crippen molar-refractivity contribution in [2.24, 2.45) is 0 Å². The predicted molar refractivity (Wildman–Crippen MR) is 72.0 cm³/mol. The Morgan fingerprint density at radius 1 is 1.40 bits per heavy atom. The van der Waals surface area contributed by atoms with Gasteiger partial charge in [-0.1, -0.05) is 32.4 Å². The van der Waals surface area contributed by atoms with Crippen LogP contribution in [0.5, 0.6) is 0 Å². The summed E-state index contributed by atoms with van der Waals surface area (Å²) in [6.07, 6.45) is 0. The summed E-state index contributed by atoms with van der Waals surface area (Å²) in [5.41, 5.74) is -0.383. The molecule has 7 heteroatoms. The lowest BCUT2D eigenvalue weighted by atomic mass is 9.95. The maximum atomic E-state index is 14.0. The first-order valence-electron chi connectivity index (χ1n) is 5.86. The number of aromatic nitrogens is 3. The number of aromatic carboxylic acids is 1. The molecule has 106 valence electrons. The fourth-order valence-corrected chi connectivity index (χ4v) is 1.87. The zero-order valence-electron chi connectivity index (χ0n) is 11.2. The molecule has 1 aromatic carbocycles. The van der Waals surface area contributed by atoms with Crippen molar-refractivity contribution < 1.29 is 14.3 Å². The molecule has 0 unspecified atom stereocenters. The molecule has 2 aromatic rings. The first-order chi connectivity index (χ1) is 9.20. The van der Waals surface area contributed by atoms with Crippen LogP contribution in [0, 0.1) is 5.82 Å². The Labute approximate surface area is 120 Å². The monoisotopic (exact) mass is 297 g/mol. The molecule has 0 aliphatic heterocycles. The highest BCUT2D eigenvalue weighted by atomic mass is 35.5. The van der Waals surface area contributed by atoms with Crippen LogP contribution in [-0.2, 0) is 5.41 Å². The van der Waals surface area contributed by atoms with Crippen molar-refractivity contribution in [3.8, 4) is 5.69 Å². The van der Waals surface area contributed by atoms with E-state index < -0.39 is 17.2 Å². The minimum absolute atomic E-state index is 0.110. The number of carboxylic acids is 1. The molecule has 0 aliphatic carbocycles. The van der Waals surface area contributed by atoms with Gasteiger partial charge in [-0.2, -0.15) is 0 Å². The van der Waals surface area contributed by atoms with Crippen molar-refractivity contribution in [3.63, 3.8) is 0 Å². The van der Waals surface area contributed by atoms with Gasteiger partial charge in [0.05, 0.1) is 0 Å². The third-order valence-corrected chi connectivity index (χ3v) is 2.84. The number of rotatable bonds is 2. The second kappa shape index (κ2) is 4.86. The second-order valence-electron chi connectivity index (χ2n) is 5.32. The van der Waals surface area contributed by atoms with Crippen LogP contribution < -0.4 is 0 Å². The van der Waals surface area contributed by atoms with E-state index in [9.17, 15) is 9.18 Å². The number of carboxylic acid groups (broad SMARTS) is 1. The maximum absolute atomic E-state index is 14.0. The Balaban J connectivity index is 2.69. The molecule has 0 radical (unpaired) electrons. The minimum atomic E-state index is -1.26. The third-order valence-electron chi connectivity index (χ3n) is 2.61. The highest BCUT2D eigenvalue weighted by Crippen LogP contribution is 2.25. The molecule has 1 N–H and O–H groups in total. The Hall–Kier alpha value is -1.95. The van der Waals surface area contributed by atoms with Gasteiger partial charge in [-0.3, -0.25) is 0 Å². The van der Waals surface area contributed by atoms with Gasteiger partial charge >= 0.3 is 5.97 Å². The van der Waals surface area contributed by atoms with Crippen LogP contribution in [0.15, 0.2) is 18.2 Å². The van der Waals surface area contributed by atoms with Crippen LogP contribution in [0.25, 0.3) is 5.69 Å². The van der Waals surface area contributed by atoms with Crippen molar-refractivity contribution in [3.05, 3.63) is 40.7 Å². The predicted octanol–water partition coefficient (Wildman–Crippen LogP) is 3.06. The first kappa shape index (κ1) is 14.5. The molecule has 2 rings (SSSR count). The van der Waals surface area contributed by atoms with Crippen molar-refractivity contribution in [2.75, 3.05) is 0 Å². The number of hydrogen-bond donors (Lipinski definition) is 1. The topological polar surface area (TPSA) is 68.0 Å². The van der Waals surface area contributed by atoms with E-state index in [1.54, 1.807) is 0 Å². The standard InChI is InChI=1S/C13H13ClFN3O2/c1-13(2,3)12-16-10(11(19)20)17-18(12)9-5-4-7(14)6-8(9)15/h4-6H,1-3H3,(H,19,20). The molecule has 0 fully saturated rings. The average molecular weight is 298 g/mol. The van der Waals surface area contributed by atoms with Crippen molar-refractivity contribution in [2.45, 2.75) is 26.2 Å². The summed E-state index contributed by atoms with van der Waals surface area (Å²) in [5, 5.41) is 13.1. The second-order valence-corrected chi connectivity index (χ2v) is 5.76. The molecular formula is C13H13ClFN3O2. The molecule has 0 saturated heterocycles. The van der Waals surface area contributed by atoms with E-state index in [0.717, 1.165) is 6.07 Å². The lowest BCUT2D eigenvalue weighted by molar-refractivity contribution is 0.0683. The van der Waals surface area contributed by atoms with Crippen LogP contribution in [0.2, 0.25) is 5.02 Å². The molecule has 20 heavy (non-hydrogen) atoms. The average Bonchev–Trinajstić information content (AvgIpc) is 2.73. The third kappa shape index (κ3) is 2.65. The fourth-order valence-electron chi connectivity index (χ4n) is 1.71. The van der Waals surface area contributed by atoms with Crippen molar-refractivity contribution in [1.29, 1.82) is 0 Å². The summed E-state index contributed by atoms with van der Waals surface area (Å²) in [6, 6.07) is 4.09. The highest BCUT2D eigenvalue weighted by molar-refractivity contribution is 6.30. The van der Waals surface area contributed by atoms with E-state index >= 15 is 0 Å². The zero-order valence-corrected chi connectivity index (χ0v) is 11.9. The Morgan fingerprint density at radius 2 is 2.05 bits per heavy atom. The van der Waals surface area contributed by atoms with Gasteiger partial charge in [0.1, 0.15) is 17.3 Å². The van der Waals surface area contributed by atoms with Gasteiger partial charge in [0.2, 0.25) is 0 Å². The lowest BCUT2D eigenvalue weighted by Gasteiger charge is -2.18. The van der Waals surface area contributed by atoms with E-state index in [0.29, 0.717) is 5.82 Å². The molecule has 0 aliphatic rings. The quantitative estimate of drug-likeness (QED) is 0.925. The van der Waals surface area contributed by atoms with E-state index in [-0.39, 0.29) is 16.5 Å². The van der Waals surface area contributed by atoms with Crippen LogP contribution >= 0.6 is 11.6 Å². The summed E-state index contributed by atoms with van der Waals surface area (Å²) >= 11 is 5.71. The van der Waals surface area contributed by atoms with Gasteiger partial charge in [0, 0.05) is 10.4 Å².